The van der Waals surface area contributed by atoms with Crippen LogP contribution in [0, 0.1) is 5.41 Å². The fourth-order valence-electron chi connectivity index (χ4n) is 5.37. The first-order valence-electron chi connectivity index (χ1n) is 12.7. The van der Waals surface area contributed by atoms with Gasteiger partial charge in [0.25, 0.3) is 5.91 Å². The monoisotopic (exact) mass is 580 g/mol. The van der Waals surface area contributed by atoms with E-state index in [9.17, 15) is 18.0 Å². The third kappa shape index (κ3) is 6.25. The van der Waals surface area contributed by atoms with Gasteiger partial charge in [-0.1, -0.05) is 30.0 Å². The van der Waals surface area contributed by atoms with E-state index in [-0.39, 0.29) is 23.7 Å². The molecule has 3 heterocycles. The smallest absolute Gasteiger partial charge is 0.343 e. The first kappa shape index (κ1) is 29.4. The Kier molecular flexibility index (Phi) is 8.63. The Hall–Kier alpha value is -2.63. The molecule has 7 nitrogen and oxygen atoms in total. The van der Waals surface area contributed by atoms with Crippen molar-refractivity contribution < 1.29 is 18.0 Å². The van der Waals surface area contributed by atoms with Gasteiger partial charge in [-0.3, -0.25) is 4.79 Å². The molecule has 12 heteroatoms. The van der Waals surface area contributed by atoms with Crippen LogP contribution in [0.2, 0.25) is 0 Å². The summed E-state index contributed by atoms with van der Waals surface area (Å²) in [4.78, 5) is 20.7. The molecular formula is C27H32ClF3N6OS. The summed E-state index contributed by atoms with van der Waals surface area (Å²) in [5, 5.41) is 9.43. The Balaban J connectivity index is 0.00000353. The SMILES string of the molecule is CN(C)C(=O)c1cccc(-c2nnc(SCCCN3CC[C@]4(C[C@@H]4c4ccc(C(F)(F)F)cc4)C3)n2C)n1.Cl. The lowest BCUT2D eigenvalue weighted by Gasteiger charge is -2.16. The molecule has 1 aromatic carbocycles. The van der Waals surface area contributed by atoms with Crippen molar-refractivity contribution in [2.24, 2.45) is 12.5 Å². The third-order valence-corrected chi connectivity index (χ3v) is 8.69. The van der Waals surface area contributed by atoms with Crippen LogP contribution in [0.5, 0.6) is 0 Å². The molecule has 210 valence electrons. The summed E-state index contributed by atoms with van der Waals surface area (Å²) in [5.74, 6) is 1.71. The molecule has 0 N–H and O–H groups in total. The van der Waals surface area contributed by atoms with E-state index in [0.717, 1.165) is 55.4 Å². The van der Waals surface area contributed by atoms with Gasteiger partial charge in [0.2, 0.25) is 0 Å². The van der Waals surface area contributed by atoms with Gasteiger partial charge in [-0.15, -0.1) is 22.6 Å². The number of carbonyl (C=O) groups is 1. The minimum Gasteiger partial charge on any atom is -0.343 e. The Morgan fingerprint density at radius 1 is 1.15 bits per heavy atom. The van der Waals surface area contributed by atoms with E-state index in [0.29, 0.717) is 23.1 Å². The maximum absolute atomic E-state index is 12.9. The van der Waals surface area contributed by atoms with Gasteiger partial charge in [-0.2, -0.15) is 13.2 Å². The largest absolute Gasteiger partial charge is 0.416 e. The van der Waals surface area contributed by atoms with Gasteiger partial charge in [0, 0.05) is 33.4 Å². The van der Waals surface area contributed by atoms with Crippen LogP contribution >= 0.6 is 24.2 Å². The number of nitrogens with zero attached hydrogens (tertiary/aromatic N) is 6. The van der Waals surface area contributed by atoms with Crippen LogP contribution in [0.4, 0.5) is 13.2 Å². The normalized spacial score (nSPS) is 20.7. The third-order valence-electron chi connectivity index (χ3n) is 7.58. The number of pyridine rings is 1. The van der Waals surface area contributed by atoms with Crippen LogP contribution in [0.1, 0.15) is 46.8 Å². The number of thioether (sulfide) groups is 1. The van der Waals surface area contributed by atoms with Gasteiger partial charge < -0.3 is 14.4 Å². The highest BCUT2D eigenvalue weighted by Gasteiger charge is 2.57. The van der Waals surface area contributed by atoms with Crippen LogP contribution in [-0.2, 0) is 13.2 Å². The Morgan fingerprint density at radius 3 is 2.59 bits per heavy atom. The van der Waals surface area contributed by atoms with Crippen molar-refractivity contribution in [3.63, 3.8) is 0 Å². The molecule has 0 unspecified atom stereocenters. The van der Waals surface area contributed by atoms with Crippen LogP contribution < -0.4 is 0 Å². The average molecular weight is 581 g/mol. The first-order valence-corrected chi connectivity index (χ1v) is 13.7. The van der Waals surface area contributed by atoms with Gasteiger partial charge in [-0.25, -0.2) is 4.98 Å². The van der Waals surface area contributed by atoms with Gasteiger partial charge in [0.05, 0.1) is 5.56 Å². The van der Waals surface area contributed by atoms with Gasteiger partial charge in [-0.05, 0) is 73.5 Å². The summed E-state index contributed by atoms with van der Waals surface area (Å²) in [5.41, 5.74) is 1.64. The number of likely N-dealkylation sites (tertiary alicyclic amines) is 1. The van der Waals surface area contributed by atoms with Crippen molar-refractivity contribution in [2.75, 3.05) is 39.5 Å². The van der Waals surface area contributed by atoms with Crippen LogP contribution in [-0.4, -0.2) is 74.9 Å². The summed E-state index contributed by atoms with van der Waals surface area (Å²) in [6.45, 7) is 3.02. The number of rotatable bonds is 8. The molecule has 1 spiro atoms. The summed E-state index contributed by atoms with van der Waals surface area (Å²) in [6, 6.07) is 11.0. The Labute approximate surface area is 236 Å². The highest BCUT2D eigenvalue weighted by atomic mass is 35.5. The molecule has 2 atom stereocenters. The fourth-order valence-corrected chi connectivity index (χ4v) is 6.21. The summed E-state index contributed by atoms with van der Waals surface area (Å²) >= 11 is 1.65. The highest BCUT2D eigenvalue weighted by molar-refractivity contribution is 7.99. The lowest BCUT2D eigenvalue weighted by molar-refractivity contribution is -0.137. The molecule has 1 amide bonds. The number of aromatic nitrogens is 4. The number of halogens is 4. The Morgan fingerprint density at radius 2 is 1.90 bits per heavy atom. The molecule has 0 radical (unpaired) electrons. The molecular weight excluding hydrogens is 549 g/mol. The van der Waals surface area contributed by atoms with Crippen molar-refractivity contribution in [1.82, 2.24) is 29.5 Å². The number of amides is 1. The van der Waals surface area contributed by atoms with E-state index in [2.05, 4.69) is 20.1 Å². The summed E-state index contributed by atoms with van der Waals surface area (Å²) in [6.07, 6.45) is -1.14. The average Bonchev–Trinajstić information content (AvgIpc) is 3.23. The van der Waals surface area contributed by atoms with E-state index in [1.165, 1.54) is 17.0 Å². The molecule has 0 bridgehead atoms. The van der Waals surface area contributed by atoms with Crippen LogP contribution in [0.25, 0.3) is 11.5 Å². The summed E-state index contributed by atoms with van der Waals surface area (Å²) in [7, 11) is 5.29. The van der Waals surface area contributed by atoms with E-state index in [1.807, 2.05) is 17.7 Å². The van der Waals surface area contributed by atoms with E-state index < -0.39 is 11.7 Å². The van der Waals surface area contributed by atoms with Gasteiger partial charge in [0.1, 0.15) is 11.4 Å². The van der Waals surface area contributed by atoms with E-state index in [4.69, 9.17) is 0 Å². The van der Waals surface area contributed by atoms with E-state index in [1.54, 1.807) is 50.1 Å². The van der Waals surface area contributed by atoms with Crippen LogP contribution in [0.3, 0.4) is 0 Å². The minimum absolute atomic E-state index is 0. The maximum Gasteiger partial charge on any atom is 0.416 e. The molecule has 1 aliphatic heterocycles. The van der Waals surface area contributed by atoms with Gasteiger partial charge in [0.15, 0.2) is 11.0 Å². The zero-order valence-electron chi connectivity index (χ0n) is 22.1. The van der Waals surface area contributed by atoms with Crippen molar-refractivity contribution in [3.05, 3.63) is 59.3 Å². The number of benzene rings is 1. The fraction of sp³-hybridized carbons (Fsp3) is 0.481. The number of hydrogen-bond acceptors (Lipinski definition) is 6. The maximum atomic E-state index is 12.9. The molecule has 1 saturated carbocycles. The predicted octanol–water partition coefficient (Wildman–Crippen LogP) is 5.38. The Bertz CT molecular complexity index is 1320. The van der Waals surface area contributed by atoms with Crippen molar-refractivity contribution >= 4 is 30.1 Å². The second-order valence-corrected chi connectivity index (χ2v) is 11.5. The summed E-state index contributed by atoms with van der Waals surface area (Å²) < 4.78 is 40.5. The van der Waals surface area contributed by atoms with Crippen molar-refractivity contribution in [3.8, 4) is 11.5 Å². The molecule has 1 saturated heterocycles. The topological polar surface area (TPSA) is 67.2 Å². The highest BCUT2D eigenvalue weighted by Crippen LogP contribution is 2.64. The minimum atomic E-state index is -4.29. The molecule has 39 heavy (non-hydrogen) atoms. The molecule has 1 aliphatic carbocycles. The van der Waals surface area contributed by atoms with Crippen molar-refractivity contribution in [2.45, 2.75) is 36.5 Å². The second kappa shape index (κ2) is 11.5. The number of carbonyl (C=O) groups excluding carboxylic acids is 1. The van der Waals surface area contributed by atoms with Crippen molar-refractivity contribution in [1.29, 1.82) is 0 Å². The standard InChI is InChI=1S/C27H31F3N6OS.ClH/c1-34(2)24(37)22-7-4-6-21(31-22)23-32-33-25(35(23)3)38-15-5-13-36-14-12-26(17-36)16-20(26)18-8-10-19(11-9-18)27(28,29)30;/h4,6-11,20H,5,12-17H2,1-3H3;1H/t20-,26+;/m1./s1. The lowest BCUT2D eigenvalue weighted by Crippen LogP contribution is -2.23. The van der Waals surface area contributed by atoms with E-state index >= 15 is 0 Å². The molecule has 2 fully saturated rings. The predicted molar refractivity (Wildman–Crippen MR) is 147 cm³/mol. The zero-order chi connectivity index (χ0) is 27.1. The lowest BCUT2D eigenvalue weighted by atomic mass is 9.97. The first-order chi connectivity index (χ1) is 18.1. The number of hydrogen-bond donors (Lipinski definition) is 0. The molecule has 3 aromatic rings. The molecule has 5 rings (SSSR count). The zero-order valence-corrected chi connectivity index (χ0v) is 23.7. The van der Waals surface area contributed by atoms with Crippen LogP contribution in [0.15, 0.2) is 47.6 Å². The molecule has 2 aromatic heterocycles. The van der Waals surface area contributed by atoms with Gasteiger partial charge >= 0.3 is 6.18 Å². The second-order valence-electron chi connectivity index (χ2n) is 10.4. The molecule has 2 aliphatic rings. The quantitative estimate of drug-likeness (QED) is 0.263. The number of alkyl halides is 3.